The Morgan fingerprint density at radius 2 is 2.08 bits per heavy atom. The Morgan fingerprint density at radius 1 is 1.42 bits per heavy atom. The maximum Gasteiger partial charge on any atom is 0.418 e. The molecule has 0 amide bonds. The number of aromatic amines is 1. The summed E-state index contributed by atoms with van der Waals surface area (Å²) in [6.45, 7) is 0. The van der Waals surface area contributed by atoms with E-state index in [0.717, 1.165) is 6.20 Å². The van der Waals surface area contributed by atoms with E-state index in [-0.39, 0.29) is 12.0 Å². The Hall–Kier alpha value is -1.37. The summed E-state index contributed by atoms with van der Waals surface area (Å²) in [4.78, 5) is 2.37. The van der Waals surface area contributed by atoms with Gasteiger partial charge in [-0.1, -0.05) is 0 Å². The largest absolute Gasteiger partial charge is 0.418 e. The normalized spacial score (nSPS) is 11.2. The molecule has 0 aliphatic carbocycles. The van der Waals surface area contributed by atoms with Crippen LogP contribution in [0.4, 0.5) is 13.2 Å². The molecule has 1 N–H and O–H groups in total. The number of terminal acetylenes is 1. The minimum atomic E-state index is -4.31. The number of hydrogen-bond donors (Lipinski definition) is 1. The Morgan fingerprint density at radius 3 is 2.58 bits per heavy atom. The predicted molar refractivity (Wildman–Crippen MR) is 38.3 cm³/mol. The summed E-state index contributed by atoms with van der Waals surface area (Å²) in [7, 11) is 0. The lowest BCUT2D eigenvalue weighted by Gasteiger charge is -2.04. The third-order valence-corrected chi connectivity index (χ3v) is 1.43. The molecule has 0 saturated heterocycles. The molecule has 64 valence electrons. The van der Waals surface area contributed by atoms with Gasteiger partial charge >= 0.3 is 6.18 Å². The molecule has 1 aromatic heterocycles. The monoisotopic (exact) mass is 173 g/mol. The quantitative estimate of drug-likeness (QED) is 0.626. The summed E-state index contributed by atoms with van der Waals surface area (Å²) in [6, 6.07) is 0. The van der Waals surface area contributed by atoms with Crippen molar-refractivity contribution >= 4 is 0 Å². The topological polar surface area (TPSA) is 15.8 Å². The second-order valence-electron chi connectivity index (χ2n) is 2.27. The van der Waals surface area contributed by atoms with Crippen molar-refractivity contribution in [2.45, 2.75) is 12.6 Å². The van der Waals surface area contributed by atoms with Crippen LogP contribution in [0.2, 0.25) is 0 Å². The summed E-state index contributed by atoms with van der Waals surface area (Å²) >= 11 is 0. The third kappa shape index (κ3) is 1.62. The third-order valence-electron chi connectivity index (χ3n) is 1.43. The van der Waals surface area contributed by atoms with E-state index >= 15 is 0 Å². The van der Waals surface area contributed by atoms with Crippen LogP contribution in [0.1, 0.15) is 11.1 Å². The Bertz CT molecular complexity index is 303. The number of rotatable bonds is 1. The van der Waals surface area contributed by atoms with Crippen LogP contribution in [0.15, 0.2) is 12.4 Å². The van der Waals surface area contributed by atoms with Gasteiger partial charge in [-0.05, 0) is 5.56 Å². The highest BCUT2D eigenvalue weighted by Gasteiger charge is 2.33. The first-order chi connectivity index (χ1) is 5.55. The minimum absolute atomic E-state index is 0.00164. The summed E-state index contributed by atoms with van der Waals surface area (Å²) in [5, 5.41) is 0. The van der Waals surface area contributed by atoms with E-state index in [4.69, 9.17) is 6.42 Å². The molecule has 0 aromatic carbocycles. The minimum Gasteiger partial charge on any atom is -0.367 e. The highest BCUT2D eigenvalue weighted by Crippen LogP contribution is 2.31. The van der Waals surface area contributed by atoms with Crippen molar-refractivity contribution < 1.29 is 13.2 Å². The summed E-state index contributed by atoms with van der Waals surface area (Å²) < 4.78 is 36.3. The molecule has 1 heterocycles. The SMILES string of the molecule is C#CCc1c[nH]cc1C(F)(F)F. The first-order valence-corrected chi connectivity index (χ1v) is 3.22. The van der Waals surface area contributed by atoms with Gasteiger partial charge < -0.3 is 4.98 Å². The van der Waals surface area contributed by atoms with Crippen molar-refractivity contribution in [1.29, 1.82) is 0 Å². The molecule has 4 heteroatoms. The lowest BCUT2D eigenvalue weighted by molar-refractivity contribution is -0.138. The second kappa shape index (κ2) is 2.94. The Balaban J connectivity index is 3.01. The molecule has 0 fully saturated rings. The summed E-state index contributed by atoms with van der Waals surface area (Å²) in [5.74, 6) is 2.16. The molecule has 0 radical (unpaired) electrons. The number of hydrogen-bond acceptors (Lipinski definition) is 0. The van der Waals surface area contributed by atoms with Crippen molar-refractivity contribution in [2.75, 3.05) is 0 Å². The molecule has 0 spiro atoms. The molecule has 0 aliphatic heterocycles. The average molecular weight is 173 g/mol. The van der Waals surface area contributed by atoms with Crippen molar-refractivity contribution in [3.05, 3.63) is 23.5 Å². The number of H-pyrrole nitrogens is 1. The molecule has 1 nitrogen and oxygen atoms in total. The maximum absolute atomic E-state index is 12.1. The summed E-state index contributed by atoms with van der Waals surface area (Å²) in [5.41, 5.74) is -0.564. The van der Waals surface area contributed by atoms with Gasteiger partial charge in [0.05, 0.1) is 5.56 Å². The fraction of sp³-hybridized carbons (Fsp3) is 0.250. The molecule has 1 aromatic rings. The lowest BCUT2D eigenvalue weighted by Crippen LogP contribution is -2.06. The zero-order valence-electron chi connectivity index (χ0n) is 6.07. The van der Waals surface area contributed by atoms with Gasteiger partial charge in [-0.15, -0.1) is 12.3 Å². The van der Waals surface area contributed by atoms with Gasteiger partial charge in [0.15, 0.2) is 0 Å². The van der Waals surface area contributed by atoms with Crippen LogP contribution < -0.4 is 0 Å². The van der Waals surface area contributed by atoms with Gasteiger partial charge in [0.1, 0.15) is 0 Å². The van der Waals surface area contributed by atoms with Crippen LogP contribution in [-0.2, 0) is 12.6 Å². The molecule has 0 atom stereocenters. The van der Waals surface area contributed by atoms with E-state index in [2.05, 4.69) is 10.9 Å². The van der Waals surface area contributed by atoms with Gasteiger partial charge in [0, 0.05) is 18.8 Å². The zero-order valence-corrected chi connectivity index (χ0v) is 6.07. The van der Waals surface area contributed by atoms with E-state index in [1.54, 1.807) is 0 Å². The number of aromatic nitrogens is 1. The van der Waals surface area contributed by atoms with Gasteiger partial charge in [-0.25, -0.2) is 0 Å². The van der Waals surface area contributed by atoms with Crippen molar-refractivity contribution in [2.24, 2.45) is 0 Å². The molecular weight excluding hydrogens is 167 g/mol. The van der Waals surface area contributed by atoms with E-state index in [1.807, 2.05) is 0 Å². The van der Waals surface area contributed by atoms with Crippen LogP contribution in [0, 0.1) is 12.3 Å². The van der Waals surface area contributed by atoms with Gasteiger partial charge in [-0.3, -0.25) is 0 Å². The smallest absolute Gasteiger partial charge is 0.367 e. The fourth-order valence-corrected chi connectivity index (χ4v) is 0.916. The highest BCUT2D eigenvalue weighted by atomic mass is 19.4. The molecule has 12 heavy (non-hydrogen) atoms. The van der Waals surface area contributed by atoms with E-state index in [1.165, 1.54) is 6.20 Å². The van der Waals surface area contributed by atoms with Crippen molar-refractivity contribution in [3.8, 4) is 12.3 Å². The molecule has 0 saturated carbocycles. The van der Waals surface area contributed by atoms with Crippen LogP contribution >= 0.6 is 0 Å². The van der Waals surface area contributed by atoms with Crippen molar-refractivity contribution in [1.82, 2.24) is 4.98 Å². The highest BCUT2D eigenvalue weighted by molar-refractivity contribution is 5.29. The standard InChI is InChI=1S/C8H6F3N/c1-2-3-6-4-12-5-7(6)8(9,10)11/h1,4-5,12H,3H2. The van der Waals surface area contributed by atoms with Crippen LogP contribution in [0.3, 0.4) is 0 Å². The van der Waals surface area contributed by atoms with Gasteiger partial charge in [0.2, 0.25) is 0 Å². The zero-order chi connectivity index (χ0) is 9.19. The lowest BCUT2D eigenvalue weighted by atomic mass is 10.1. The first-order valence-electron chi connectivity index (χ1n) is 3.22. The molecule has 0 unspecified atom stereocenters. The van der Waals surface area contributed by atoms with Gasteiger partial charge in [-0.2, -0.15) is 13.2 Å². The van der Waals surface area contributed by atoms with E-state index in [0.29, 0.717) is 0 Å². The predicted octanol–water partition coefficient (Wildman–Crippen LogP) is 2.21. The molecule has 0 aliphatic rings. The molecular formula is C8H6F3N. The number of halogens is 3. The first kappa shape index (κ1) is 8.72. The van der Waals surface area contributed by atoms with Gasteiger partial charge in [0.25, 0.3) is 0 Å². The fourth-order valence-electron chi connectivity index (χ4n) is 0.916. The Labute approximate surface area is 67.6 Å². The van der Waals surface area contributed by atoms with Crippen LogP contribution in [0.5, 0.6) is 0 Å². The Kier molecular flexibility index (Phi) is 2.13. The molecule has 1 rings (SSSR count). The summed E-state index contributed by atoms with van der Waals surface area (Å²) in [6.07, 6.45) is 2.76. The molecule has 0 bridgehead atoms. The average Bonchev–Trinajstić information content (AvgIpc) is 2.34. The van der Waals surface area contributed by atoms with Crippen LogP contribution in [-0.4, -0.2) is 4.98 Å². The van der Waals surface area contributed by atoms with Crippen LogP contribution in [0.25, 0.3) is 0 Å². The number of nitrogens with one attached hydrogen (secondary N) is 1. The maximum atomic E-state index is 12.1. The van der Waals surface area contributed by atoms with E-state index in [9.17, 15) is 13.2 Å². The number of alkyl halides is 3. The van der Waals surface area contributed by atoms with E-state index < -0.39 is 11.7 Å². The second-order valence-corrected chi connectivity index (χ2v) is 2.27. The van der Waals surface area contributed by atoms with Crippen molar-refractivity contribution in [3.63, 3.8) is 0 Å².